The van der Waals surface area contributed by atoms with E-state index in [9.17, 15) is 9.18 Å². The third-order valence-corrected chi connectivity index (χ3v) is 6.14. The zero-order valence-electron chi connectivity index (χ0n) is 17.6. The first-order chi connectivity index (χ1) is 15.0. The Kier molecular flexibility index (Phi) is 6.08. The number of methoxy groups -OCH3 is 1. The van der Waals surface area contributed by atoms with Crippen molar-refractivity contribution in [2.24, 2.45) is 0 Å². The second-order valence-corrected chi connectivity index (χ2v) is 8.14. The molecule has 1 aliphatic heterocycles. The molecular weight excluding hydrogens is 415 g/mol. The Labute approximate surface area is 184 Å². The topological polar surface area (TPSA) is 69.0 Å². The third kappa shape index (κ3) is 4.20. The van der Waals surface area contributed by atoms with Gasteiger partial charge < -0.3 is 10.1 Å². The number of carbonyl (C=O) groups excluding carboxylic acids is 1. The summed E-state index contributed by atoms with van der Waals surface area (Å²) in [5.41, 5.74) is 3.86. The molecule has 0 fully saturated rings. The average Bonchev–Trinajstić information content (AvgIpc) is 3.19. The average molecular weight is 439 g/mol. The molecule has 4 rings (SSSR count). The SMILES string of the molecule is CCc1ccc(C2C(C(=O)OC)=C(C)Nc3nc(SCc4ccccc4F)nn32)cc1. The van der Waals surface area contributed by atoms with Crippen molar-refractivity contribution in [1.29, 1.82) is 0 Å². The second-order valence-electron chi connectivity index (χ2n) is 7.20. The summed E-state index contributed by atoms with van der Waals surface area (Å²) in [7, 11) is 1.37. The van der Waals surface area contributed by atoms with Crippen LogP contribution in [0, 0.1) is 5.82 Å². The van der Waals surface area contributed by atoms with Crippen LogP contribution in [0.15, 0.2) is 65.0 Å². The normalized spacial score (nSPS) is 15.4. The fourth-order valence-electron chi connectivity index (χ4n) is 3.57. The molecule has 0 saturated heterocycles. The first-order valence-electron chi connectivity index (χ1n) is 9.99. The van der Waals surface area contributed by atoms with E-state index in [1.54, 1.807) is 22.9 Å². The fraction of sp³-hybridized carbons (Fsp3) is 0.261. The summed E-state index contributed by atoms with van der Waals surface area (Å²) in [5, 5.41) is 8.30. The molecule has 0 aliphatic carbocycles. The maximum Gasteiger partial charge on any atom is 0.338 e. The lowest BCUT2D eigenvalue weighted by Gasteiger charge is -2.27. The Bertz CT molecular complexity index is 1140. The molecule has 6 nitrogen and oxygen atoms in total. The first-order valence-corrected chi connectivity index (χ1v) is 11.0. The number of nitrogens with zero attached hydrogens (tertiary/aromatic N) is 3. The van der Waals surface area contributed by atoms with Gasteiger partial charge in [-0.3, -0.25) is 0 Å². The largest absolute Gasteiger partial charge is 0.466 e. The number of aryl methyl sites for hydroxylation is 1. The van der Waals surface area contributed by atoms with E-state index in [1.165, 1.54) is 30.5 Å². The number of fused-ring (bicyclic) bond motifs is 1. The number of anilines is 1. The number of hydrogen-bond donors (Lipinski definition) is 1. The maximum atomic E-state index is 14.0. The number of esters is 1. The predicted octanol–water partition coefficient (Wildman–Crippen LogP) is 4.73. The van der Waals surface area contributed by atoms with Crippen LogP contribution in [0.3, 0.4) is 0 Å². The second kappa shape index (κ2) is 8.93. The molecule has 31 heavy (non-hydrogen) atoms. The van der Waals surface area contributed by atoms with Crippen molar-refractivity contribution in [3.05, 3.63) is 82.3 Å². The van der Waals surface area contributed by atoms with Crippen molar-refractivity contribution in [3.8, 4) is 0 Å². The first kappa shape index (κ1) is 21.1. The van der Waals surface area contributed by atoms with Crippen LogP contribution in [-0.2, 0) is 21.7 Å². The van der Waals surface area contributed by atoms with E-state index in [0.717, 1.165) is 12.0 Å². The molecule has 3 aromatic rings. The smallest absolute Gasteiger partial charge is 0.338 e. The lowest BCUT2D eigenvalue weighted by atomic mass is 9.95. The molecule has 0 radical (unpaired) electrons. The van der Waals surface area contributed by atoms with E-state index in [0.29, 0.717) is 33.7 Å². The van der Waals surface area contributed by atoms with E-state index >= 15 is 0 Å². The number of nitrogens with one attached hydrogen (secondary N) is 1. The standard InChI is InChI=1S/C23H23FN4O2S/c1-4-15-9-11-16(12-10-15)20-19(21(29)30-3)14(2)25-22-26-23(27-28(20)22)31-13-17-7-5-6-8-18(17)24/h5-12,20H,4,13H2,1-3H3,(H,25,26,27). The molecule has 0 bridgehead atoms. The number of allylic oxidation sites excluding steroid dienone is 1. The van der Waals surface area contributed by atoms with Crippen LogP contribution in [0.1, 0.15) is 36.6 Å². The maximum absolute atomic E-state index is 14.0. The minimum atomic E-state index is -0.468. The summed E-state index contributed by atoms with van der Waals surface area (Å²) in [6.45, 7) is 3.92. The number of aromatic nitrogens is 3. The highest BCUT2D eigenvalue weighted by Crippen LogP contribution is 2.37. The molecule has 0 saturated carbocycles. The van der Waals surface area contributed by atoms with Crippen molar-refractivity contribution in [1.82, 2.24) is 14.8 Å². The number of rotatable bonds is 6. The molecule has 2 heterocycles. The van der Waals surface area contributed by atoms with Gasteiger partial charge in [0, 0.05) is 11.4 Å². The molecule has 8 heteroatoms. The van der Waals surface area contributed by atoms with Crippen molar-refractivity contribution in [3.63, 3.8) is 0 Å². The molecule has 2 aromatic carbocycles. The van der Waals surface area contributed by atoms with Gasteiger partial charge in [-0.15, -0.1) is 5.10 Å². The molecular formula is C23H23FN4O2S. The van der Waals surface area contributed by atoms with Crippen molar-refractivity contribution in [2.75, 3.05) is 12.4 Å². The minimum Gasteiger partial charge on any atom is -0.466 e. The summed E-state index contributed by atoms with van der Waals surface area (Å²) >= 11 is 1.34. The van der Waals surface area contributed by atoms with Crippen LogP contribution in [0.25, 0.3) is 0 Å². The van der Waals surface area contributed by atoms with Crippen LogP contribution >= 0.6 is 11.8 Å². The van der Waals surface area contributed by atoms with Gasteiger partial charge in [0.2, 0.25) is 11.1 Å². The third-order valence-electron chi connectivity index (χ3n) is 5.26. The Morgan fingerprint density at radius 2 is 1.97 bits per heavy atom. The van der Waals surface area contributed by atoms with Gasteiger partial charge in [-0.05, 0) is 36.1 Å². The van der Waals surface area contributed by atoms with Crippen molar-refractivity contribution < 1.29 is 13.9 Å². The minimum absolute atomic E-state index is 0.253. The van der Waals surface area contributed by atoms with Gasteiger partial charge in [-0.1, -0.05) is 61.2 Å². The monoisotopic (exact) mass is 438 g/mol. The fourth-order valence-corrected chi connectivity index (χ4v) is 4.38. The van der Waals surface area contributed by atoms with Crippen LogP contribution in [0.5, 0.6) is 0 Å². The number of benzene rings is 2. The van der Waals surface area contributed by atoms with Gasteiger partial charge in [-0.2, -0.15) is 4.98 Å². The molecule has 1 unspecified atom stereocenters. The lowest BCUT2D eigenvalue weighted by molar-refractivity contribution is -0.136. The molecule has 1 atom stereocenters. The lowest BCUT2D eigenvalue weighted by Crippen LogP contribution is -2.29. The van der Waals surface area contributed by atoms with E-state index in [-0.39, 0.29) is 5.82 Å². The van der Waals surface area contributed by atoms with E-state index in [4.69, 9.17) is 4.74 Å². The highest BCUT2D eigenvalue weighted by molar-refractivity contribution is 7.98. The van der Waals surface area contributed by atoms with Gasteiger partial charge in [0.25, 0.3) is 0 Å². The highest BCUT2D eigenvalue weighted by atomic mass is 32.2. The van der Waals surface area contributed by atoms with Crippen molar-refractivity contribution >= 4 is 23.7 Å². The quantitative estimate of drug-likeness (QED) is 0.443. The van der Waals surface area contributed by atoms with Crippen LogP contribution in [0.2, 0.25) is 0 Å². The zero-order chi connectivity index (χ0) is 22.0. The summed E-state index contributed by atoms with van der Waals surface area (Å²) < 4.78 is 20.7. The summed E-state index contributed by atoms with van der Waals surface area (Å²) in [4.78, 5) is 17.2. The molecule has 1 aromatic heterocycles. The molecule has 1 N–H and O–H groups in total. The number of ether oxygens (including phenoxy) is 1. The number of halogens is 1. The highest BCUT2D eigenvalue weighted by Gasteiger charge is 2.34. The van der Waals surface area contributed by atoms with Gasteiger partial charge >= 0.3 is 5.97 Å². The van der Waals surface area contributed by atoms with Gasteiger partial charge in [0.15, 0.2) is 0 Å². The van der Waals surface area contributed by atoms with Gasteiger partial charge in [0.05, 0.1) is 12.7 Å². The van der Waals surface area contributed by atoms with Gasteiger partial charge in [-0.25, -0.2) is 13.9 Å². The number of carbonyl (C=O) groups is 1. The predicted molar refractivity (Wildman–Crippen MR) is 118 cm³/mol. The van der Waals surface area contributed by atoms with E-state index in [1.807, 2.05) is 31.2 Å². The summed E-state index contributed by atoms with van der Waals surface area (Å²) in [6.07, 6.45) is 0.927. The Hall–Kier alpha value is -3.13. The van der Waals surface area contributed by atoms with Gasteiger partial charge in [0.1, 0.15) is 11.9 Å². The Balaban J connectivity index is 1.70. The molecule has 0 amide bonds. The number of thioether (sulfide) groups is 1. The van der Waals surface area contributed by atoms with E-state index in [2.05, 4.69) is 22.3 Å². The zero-order valence-corrected chi connectivity index (χ0v) is 18.4. The van der Waals surface area contributed by atoms with Crippen molar-refractivity contribution in [2.45, 2.75) is 37.2 Å². The Morgan fingerprint density at radius 3 is 2.65 bits per heavy atom. The van der Waals surface area contributed by atoms with E-state index < -0.39 is 12.0 Å². The number of hydrogen-bond acceptors (Lipinski definition) is 6. The Morgan fingerprint density at radius 1 is 1.23 bits per heavy atom. The summed E-state index contributed by atoms with van der Waals surface area (Å²) in [5.74, 6) is 0.265. The molecule has 1 aliphatic rings. The molecule has 160 valence electrons. The molecule has 0 spiro atoms. The summed E-state index contributed by atoms with van der Waals surface area (Å²) in [6, 6.07) is 14.3. The van der Waals surface area contributed by atoms with Crippen LogP contribution in [-0.4, -0.2) is 27.8 Å². The van der Waals surface area contributed by atoms with Crippen LogP contribution < -0.4 is 5.32 Å². The van der Waals surface area contributed by atoms with Crippen LogP contribution in [0.4, 0.5) is 10.3 Å².